The summed E-state index contributed by atoms with van der Waals surface area (Å²) in [6, 6.07) is 4.69. The molecule has 5 nitrogen and oxygen atoms in total. The minimum absolute atomic E-state index is 0.0216. The van der Waals surface area contributed by atoms with E-state index < -0.39 is 0 Å². The predicted molar refractivity (Wildman–Crippen MR) is 78.1 cm³/mol. The van der Waals surface area contributed by atoms with Crippen molar-refractivity contribution < 1.29 is 14.6 Å². The van der Waals surface area contributed by atoms with Crippen molar-refractivity contribution in [1.29, 1.82) is 0 Å². The molecule has 1 amide bonds. The van der Waals surface area contributed by atoms with Crippen molar-refractivity contribution in [2.24, 2.45) is 5.92 Å². The average Bonchev–Trinajstić information content (AvgIpc) is 2.47. The number of ether oxygens (including phenoxy) is 1. The molecule has 0 aromatic heterocycles. The van der Waals surface area contributed by atoms with Gasteiger partial charge in [0.1, 0.15) is 0 Å². The van der Waals surface area contributed by atoms with Crippen LogP contribution >= 0.6 is 0 Å². The lowest BCUT2D eigenvalue weighted by molar-refractivity contribution is -0.119. The highest BCUT2D eigenvalue weighted by atomic mass is 16.5. The number of phenolic OH excluding ortho intramolecular Hbond substituents is 1. The second kappa shape index (κ2) is 6.61. The van der Waals surface area contributed by atoms with E-state index in [9.17, 15) is 9.90 Å². The lowest BCUT2D eigenvalue weighted by Gasteiger charge is -2.28. The molecule has 1 fully saturated rings. The zero-order chi connectivity index (χ0) is 14.5. The molecule has 1 aliphatic rings. The SMILES string of the molecule is CCC1CCNC(C(=O)Nc2ccc(OC)c(O)c2)C1. The van der Waals surface area contributed by atoms with Crippen molar-refractivity contribution in [2.45, 2.75) is 32.2 Å². The van der Waals surface area contributed by atoms with Gasteiger partial charge >= 0.3 is 0 Å². The largest absolute Gasteiger partial charge is 0.504 e. The summed E-state index contributed by atoms with van der Waals surface area (Å²) in [7, 11) is 1.49. The number of piperidine rings is 1. The van der Waals surface area contributed by atoms with Gasteiger partial charge in [-0.25, -0.2) is 0 Å². The van der Waals surface area contributed by atoms with E-state index in [1.54, 1.807) is 12.1 Å². The van der Waals surface area contributed by atoms with Gasteiger partial charge in [0.25, 0.3) is 0 Å². The van der Waals surface area contributed by atoms with E-state index in [1.807, 2.05) is 0 Å². The van der Waals surface area contributed by atoms with E-state index in [1.165, 1.54) is 13.2 Å². The van der Waals surface area contributed by atoms with Crippen LogP contribution in [0.2, 0.25) is 0 Å². The molecule has 0 aliphatic carbocycles. The number of nitrogens with one attached hydrogen (secondary N) is 2. The van der Waals surface area contributed by atoms with Crippen LogP contribution in [0.15, 0.2) is 18.2 Å². The number of carbonyl (C=O) groups excluding carboxylic acids is 1. The van der Waals surface area contributed by atoms with Gasteiger partial charge in [-0.1, -0.05) is 13.3 Å². The molecular formula is C15H22N2O3. The monoisotopic (exact) mass is 278 g/mol. The Balaban J connectivity index is 1.98. The van der Waals surface area contributed by atoms with Gasteiger partial charge in [0.05, 0.1) is 13.2 Å². The summed E-state index contributed by atoms with van der Waals surface area (Å²) in [5.74, 6) is 0.974. The lowest BCUT2D eigenvalue weighted by Crippen LogP contribution is -2.46. The predicted octanol–water partition coefficient (Wildman–Crippen LogP) is 2.12. The number of carbonyl (C=O) groups is 1. The van der Waals surface area contributed by atoms with Crippen LogP contribution in [-0.2, 0) is 4.79 Å². The summed E-state index contributed by atoms with van der Waals surface area (Å²) in [5.41, 5.74) is 0.578. The van der Waals surface area contributed by atoms with Crippen molar-refractivity contribution in [1.82, 2.24) is 5.32 Å². The van der Waals surface area contributed by atoms with Gasteiger partial charge in [-0.05, 0) is 37.4 Å². The number of amides is 1. The molecule has 1 saturated heterocycles. The summed E-state index contributed by atoms with van der Waals surface area (Å²) in [4.78, 5) is 12.2. The molecule has 110 valence electrons. The number of phenols is 1. The Bertz CT molecular complexity index is 476. The van der Waals surface area contributed by atoms with Gasteiger partial charge in [-0.3, -0.25) is 4.79 Å². The lowest BCUT2D eigenvalue weighted by atomic mass is 9.90. The third-order valence-corrected chi connectivity index (χ3v) is 3.85. The van der Waals surface area contributed by atoms with Crippen molar-refractivity contribution in [3.8, 4) is 11.5 Å². The van der Waals surface area contributed by atoms with Crippen molar-refractivity contribution in [2.75, 3.05) is 19.0 Å². The summed E-state index contributed by atoms with van der Waals surface area (Å²) < 4.78 is 4.97. The number of hydrogen-bond acceptors (Lipinski definition) is 4. The quantitative estimate of drug-likeness (QED) is 0.789. The number of aromatic hydroxyl groups is 1. The molecule has 20 heavy (non-hydrogen) atoms. The summed E-state index contributed by atoms with van der Waals surface area (Å²) in [5, 5.41) is 15.8. The fourth-order valence-corrected chi connectivity index (χ4v) is 2.56. The number of benzene rings is 1. The number of methoxy groups -OCH3 is 1. The zero-order valence-corrected chi connectivity index (χ0v) is 12.0. The summed E-state index contributed by atoms with van der Waals surface area (Å²) in [6.45, 7) is 3.04. The van der Waals surface area contributed by atoms with Crippen LogP contribution in [0, 0.1) is 5.92 Å². The molecule has 2 rings (SSSR count). The smallest absolute Gasteiger partial charge is 0.241 e. The first-order valence-electron chi connectivity index (χ1n) is 7.05. The van der Waals surface area contributed by atoms with Crippen molar-refractivity contribution in [3.05, 3.63) is 18.2 Å². The Hall–Kier alpha value is -1.75. The Morgan fingerprint density at radius 1 is 1.55 bits per heavy atom. The number of hydrogen-bond donors (Lipinski definition) is 3. The van der Waals surface area contributed by atoms with Crippen LogP contribution in [0.5, 0.6) is 11.5 Å². The highest BCUT2D eigenvalue weighted by Gasteiger charge is 2.25. The Kier molecular flexibility index (Phi) is 4.84. The van der Waals surface area contributed by atoms with Crippen LogP contribution < -0.4 is 15.4 Å². The van der Waals surface area contributed by atoms with E-state index in [-0.39, 0.29) is 17.7 Å². The van der Waals surface area contributed by atoms with Gasteiger partial charge in [0, 0.05) is 11.8 Å². The van der Waals surface area contributed by atoms with Crippen LogP contribution in [-0.4, -0.2) is 30.7 Å². The standard InChI is InChI=1S/C15H22N2O3/c1-3-10-6-7-16-12(8-10)15(19)17-11-4-5-14(20-2)13(18)9-11/h4-5,9-10,12,16,18H,3,6-8H2,1-2H3,(H,17,19). The molecule has 1 aromatic rings. The van der Waals surface area contributed by atoms with E-state index in [0.29, 0.717) is 17.4 Å². The molecule has 2 unspecified atom stereocenters. The number of rotatable bonds is 4. The minimum Gasteiger partial charge on any atom is -0.504 e. The molecular weight excluding hydrogens is 256 g/mol. The Morgan fingerprint density at radius 2 is 2.35 bits per heavy atom. The molecule has 0 bridgehead atoms. The van der Waals surface area contributed by atoms with E-state index in [4.69, 9.17) is 4.74 Å². The first-order chi connectivity index (χ1) is 9.63. The fraction of sp³-hybridized carbons (Fsp3) is 0.533. The van der Waals surface area contributed by atoms with E-state index in [0.717, 1.165) is 25.8 Å². The second-order valence-corrected chi connectivity index (χ2v) is 5.18. The topological polar surface area (TPSA) is 70.6 Å². The average molecular weight is 278 g/mol. The third-order valence-electron chi connectivity index (χ3n) is 3.85. The first-order valence-corrected chi connectivity index (χ1v) is 7.05. The van der Waals surface area contributed by atoms with Gasteiger partial charge in [0.2, 0.25) is 5.91 Å². The maximum Gasteiger partial charge on any atom is 0.241 e. The van der Waals surface area contributed by atoms with Gasteiger partial charge in [-0.15, -0.1) is 0 Å². The molecule has 1 heterocycles. The van der Waals surface area contributed by atoms with Gasteiger partial charge in [-0.2, -0.15) is 0 Å². The molecule has 5 heteroatoms. The molecule has 1 aliphatic heterocycles. The maximum absolute atomic E-state index is 12.2. The van der Waals surface area contributed by atoms with Gasteiger partial charge < -0.3 is 20.5 Å². The van der Waals surface area contributed by atoms with Gasteiger partial charge in [0.15, 0.2) is 11.5 Å². The van der Waals surface area contributed by atoms with Crippen molar-refractivity contribution in [3.63, 3.8) is 0 Å². The van der Waals surface area contributed by atoms with Crippen LogP contribution in [0.1, 0.15) is 26.2 Å². The molecule has 0 saturated carbocycles. The molecule has 3 N–H and O–H groups in total. The first kappa shape index (κ1) is 14.7. The zero-order valence-electron chi connectivity index (χ0n) is 12.0. The minimum atomic E-state index is -0.155. The van der Waals surface area contributed by atoms with Crippen LogP contribution in [0.25, 0.3) is 0 Å². The highest BCUT2D eigenvalue weighted by molar-refractivity contribution is 5.95. The maximum atomic E-state index is 12.2. The Morgan fingerprint density at radius 3 is 3.00 bits per heavy atom. The second-order valence-electron chi connectivity index (χ2n) is 5.18. The molecule has 2 atom stereocenters. The molecule has 0 spiro atoms. The summed E-state index contributed by atoms with van der Waals surface area (Å²) in [6.07, 6.45) is 3.10. The van der Waals surface area contributed by atoms with E-state index >= 15 is 0 Å². The molecule has 0 radical (unpaired) electrons. The normalized spacial score (nSPS) is 22.3. The number of anilines is 1. The molecule has 1 aromatic carbocycles. The van der Waals surface area contributed by atoms with E-state index in [2.05, 4.69) is 17.6 Å². The van der Waals surface area contributed by atoms with Crippen LogP contribution in [0.4, 0.5) is 5.69 Å². The fourth-order valence-electron chi connectivity index (χ4n) is 2.56. The van der Waals surface area contributed by atoms with Crippen LogP contribution in [0.3, 0.4) is 0 Å². The summed E-state index contributed by atoms with van der Waals surface area (Å²) >= 11 is 0. The third kappa shape index (κ3) is 3.42. The Labute approximate surface area is 119 Å². The van der Waals surface area contributed by atoms with Crippen molar-refractivity contribution >= 4 is 11.6 Å². The highest BCUT2D eigenvalue weighted by Crippen LogP contribution is 2.29.